The molecular weight excluding hydrogens is 310 g/mol. The molecule has 2 aromatic rings. The molecule has 7 heteroatoms. The molecule has 1 N–H and O–H groups in total. The highest BCUT2D eigenvalue weighted by atomic mass is 16.5. The lowest BCUT2D eigenvalue weighted by Crippen LogP contribution is -2.18. The van der Waals surface area contributed by atoms with Crippen LogP contribution < -0.4 is 19.5 Å². The van der Waals surface area contributed by atoms with Crippen LogP contribution >= 0.6 is 0 Å². The first-order chi connectivity index (χ1) is 11.7. The fourth-order valence-corrected chi connectivity index (χ4v) is 2.31. The second-order valence-corrected chi connectivity index (χ2v) is 5.28. The van der Waals surface area contributed by atoms with E-state index in [0.29, 0.717) is 35.4 Å². The first kappa shape index (κ1) is 18.1. The van der Waals surface area contributed by atoms with Crippen LogP contribution in [-0.4, -0.2) is 44.6 Å². The maximum absolute atomic E-state index is 5.35. The Balaban J connectivity index is 2.11. The van der Waals surface area contributed by atoms with Crippen molar-refractivity contribution in [2.45, 2.75) is 26.2 Å². The summed E-state index contributed by atoms with van der Waals surface area (Å²) < 4.78 is 21.3. The van der Waals surface area contributed by atoms with Crippen LogP contribution in [0.3, 0.4) is 0 Å². The molecule has 0 aliphatic heterocycles. The summed E-state index contributed by atoms with van der Waals surface area (Å²) >= 11 is 0. The minimum atomic E-state index is 0.498. The van der Waals surface area contributed by atoms with Gasteiger partial charge >= 0.3 is 0 Å². The second-order valence-electron chi connectivity index (χ2n) is 5.28. The van der Waals surface area contributed by atoms with Gasteiger partial charge in [-0.25, -0.2) is 0 Å². The smallest absolute Gasteiger partial charge is 0.228 e. The van der Waals surface area contributed by atoms with E-state index in [1.54, 1.807) is 33.5 Å². The number of hydrogen-bond acceptors (Lipinski definition) is 7. The predicted molar refractivity (Wildman–Crippen MR) is 90.9 cm³/mol. The molecule has 0 atom stereocenters. The van der Waals surface area contributed by atoms with Gasteiger partial charge in [0, 0.05) is 18.5 Å². The van der Waals surface area contributed by atoms with Crippen molar-refractivity contribution in [2.24, 2.45) is 0 Å². The fraction of sp³-hybridized carbons (Fsp3) is 0.529. The molecule has 0 saturated heterocycles. The monoisotopic (exact) mass is 335 g/mol. The van der Waals surface area contributed by atoms with Crippen molar-refractivity contribution >= 4 is 0 Å². The van der Waals surface area contributed by atoms with Crippen LogP contribution in [0.5, 0.6) is 17.2 Å². The highest BCUT2D eigenvalue weighted by Crippen LogP contribution is 2.40. The van der Waals surface area contributed by atoms with E-state index in [-0.39, 0.29) is 0 Å². The van der Waals surface area contributed by atoms with Gasteiger partial charge in [-0.2, -0.15) is 4.98 Å². The maximum atomic E-state index is 5.35. The highest BCUT2D eigenvalue weighted by molar-refractivity contribution is 5.66. The molecule has 24 heavy (non-hydrogen) atoms. The molecule has 0 saturated carbocycles. The Hall–Kier alpha value is -2.28. The summed E-state index contributed by atoms with van der Waals surface area (Å²) in [5.74, 6) is 2.74. The van der Waals surface area contributed by atoms with Gasteiger partial charge in [0.25, 0.3) is 0 Å². The number of nitrogens with zero attached hydrogens (tertiary/aromatic N) is 2. The van der Waals surface area contributed by atoms with Crippen LogP contribution in [0.2, 0.25) is 0 Å². The Labute approximate surface area is 142 Å². The van der Waals surface area contributed by atoms with Gasteiger partial charge in [-0.15, -0.1) is 0 Å². The maximum Gasteiger partial charge on any atom is 0.228 e. The molecule has 0 amide bonds. The topological polar surface area (TPSA) is 78.6 Å². The minimum absolute atomic E-state index is 0.498. The van der Waals surface area contributed by atoms with Crippen molar-refractivity contribution in [3.8, 4) is 28.6 Å². The minimum Gasteiger partial charge on any atom is -0.493 e. The van der Waals surface area contributed by atoms with Crippen molar-refractivity contribution < 1.29 is 18.7 Å². The summed E-state index contributed by atoms with van der Waals surface area (Å²) in [5.41, 5.74) is 0.749. The summed E-state index contributed by atoms with van der Waals surface area (Å²) in [4.78, 5) is 4.43. The molecule has 1 aromatic heterocycles. The van der Waals surface area contributed by atoms with Crippen molar-refractivity contribution in [1.29, 1.82) is 0 Å². The lowest BCUT2D eigenvalue weighted by molar-refractivity contribution is 0.324. The zero-order valence-electron chi connectivity index (χ0n) is 14.7. The Morgan fingerprint density at radius 1 is 1.04 bits per heavy atom. The zero-order chi connectivity index (χ0) is 17.4. The first-order valence-corrected chi connectivity index (χ1v) is 8.07. The average molecular weight is 335 g/mol. The lowest BCUT2D eigenvalue weighted by atomic mass is 10.1. The molecule has 1 heterocycles. The van der Waals surface area contributed by atoms with Gasteiger partial charge in [0.1, 0.15) is 0 Å². The number of hydrogen-bond donors (Lipinski definition) is 1. The number of ether oxygens (including phenoxy) is 3. The van der Waals surface area contributed by atoms with Crippen LogP contribution in [0.4, 0.5) is 0 Å². The van der Waals surface area contributed by atoms with Gasteiger partial charge < -0.3 is 24.1 Å². The van der Waals surface area contributed by atoms with Crippen molar-refractivity contribution in [3.63, 3.8) is 0 Å². The second kappa shape index (κ2) is 9.12. The standard InChI is InChI=1S/C17H25N3O4/c1-5-6-8-18-9-7-15-19-17(20-24-15)12-10-13(21-2)16(23-4)14(11-12)22-3/h10-11,18H,5-9H2,1-4H3. The third-order valence-electron chi connectivity index (χ3n) is 3.61. The average Bonchev–Trinajstić information content (AvgIpc) is 3.09. The lowest BCUT2D eigenvalue weighted by Gasteiger charge is -2.12. The zero-order valence-corrected chi connectivity index (χ0v) is 14.7. The summed E-state index contributed by atoms with van der Waals surface area (Å²) in [6, 6.07) is 3.60. The number of nitrogens with one attached hydrogen (secondary N) is 1. The molecule has 0 bridgehead atoms. The van der Waals surface area contributed by atoms with E-state index >= 15 is 0 Å². The van der Waals surface area contributed by atoms with E-state index in [1.165, 1.54) is 12.8 Å². The normalized spacial score (nSPS) is 10.7. The Morgan fingerprint density at radius 3 is 2.33 bits per heavy atom. The van der Waals surface area contributed by atoms with E-state index in [1.807, 2.05) is 0 Å². The first-order valence-electron chi connectivity index (χ1n) is 8.07. The summed E-state index contributed by atoms with van der Waals surface area (Å²) in [5, 5.41) is 7.39. The largest absolute Gasteiger partial charge is 0.493 e. The van der Waals surface area contributed by atoms with E-state index in [9.17, 15) is 0 Å². The Bertz CT molecular complexity index is 618. The molecule has 1 aromatic carbocycles. The van der Waals surface area contributed by atoms with E-state index in [0.717, 1.165) is 18.7 Å². The quantitative estimate of drug-likeness (QED) is 0.669. The van der Waals surface area contributed by atoms with Gasteiger partial charge in [-0.3, -0.25) is 0 Å². The van der Waals surface area contributed by atoms with E-state index in [4.69, 9.17) is 18.7 Å². The van der Waals surface area contributed by atoms with Crippen molar-refractivity contribution in [1.82, 2.24) is 15.5 Å². The molecule has 0 spiro atoms. The third kappa shape index (κ3) is 4.38. The predicted octanol–water partition coefficient (Wildman–Crippen LogP) is 2.69. The van der Waals surface area contributed by atoms with Gasteiger partial charge in [0.15, 0.2) is 11.5 Å². The van der Waals surface area contributed by atoms with E-state index in [2.05, 4.69) is 22.4 Å². The summed E-state index contributed by atoms with van der Waals surface area (Å²) in [6.45, 7) is 3.99. The van der Waals surface area contributed by atoms with Crippen molar-refractivity contribution in [2.75, 3.05) is 34.4 Å². The van der Waals surface area contributed by atoms with Gasteiger partial charge in [-0.05, 0) is 25.1 Å². The van der Waals surface area contributed by atoms with Crippen LogP contribution in [0.15, 0.2) is 16.7 Å². The number of aromatic nitrogens is 2. The van der Waals surface area contributed by atoms with E-state index < -0.39 is 0 Å². The van der Waals surface area contributed by atoms with Crippen LogP contribution in [0.1, 0.15) is 25.7 Å². The molecule has 0 aliphatic carbocycles. The molecule has 0 unspecified atom stereocenters. The molecule has 0 fully saturated rings. The third-order valence-corrected chi connectivity index (χ3v) is 3.61. The molecule has 7 nitrogen and oxygen atoms in total. The molecule has 0 aliphatic rings. The molecule has 132 valence electrons. The summed E-state index contributed by atoms with van der Waals surface area (Å²) in [6.07, 6.45) is 3.04. The number of rotatable bonds is 10. The van der Waals surface area contributed by atoms with Crippen LogP contribution in [-0.2, 0) is 6.42 Å². The van der Waals surface area contributed by atoms with Crippen LogP contribution in [0.25, 0.3) is 11.4 Å². The fourth-order valence-electron chi connectivity index (χ4n) is 2.31. The number of unbranched alkanes of at least 4 members (excludes halogenated alkanes) is 1. The number of benzene rings is 1. The Kier molecular flexibility index (Phi) is 6.87. The van der Waals surface area contributed by atoms with Crippen LogP contribution in [0, 0.1) is 0 Å². The number of methoxy groups -OCH3 is 3. The van der Waals surface area contributed by atoms with Gasteiger partial charge in [-0.1, -0.05) is 18.5 Å². The molecule has 0 radical (unpaired) electrons. The van der Waals surface area contributed by atoms with Crippen molar-refractivity contribution in [3.05, 3.63) is 18.0 Å². The molecular formula is C17H25N3O4. The SMILES string of the molecule is CCCCNCCc1nc(-c2cc(OC)c(OC)c(OC)c2)no1. The Morgan fingerprint density at radius 2 is 1.75 bits per heavy atom. The summed E-state index contributed by atoms with van der Waals surface area (Å²) in [7, 11) is 4.72. The highest BCUT2D eigenvalue weighted by Gasteiger charge is 2.17. The van der Waals surface area contributed by atoms with Gasteiger partial charge in [0.2, 0.25) is 17.5 Å². The van der Waals surface area contributed by atoms with Gasteiger partial charge in [0.05, 0.1) is 21.3 Å². The molecule has 2 rings (SSSR count).